The lowest BCUT2D eigenvalue weighted by Gasteiger charge is -2.12. The van der Waals surface area contributed by atoms with Crippen molar-refractivity contribution in [3.8, 4) is 11.1 Å². The highest BCUT2D eigenvalue weighted by Gasteiger charge is 2.23. The van der Waals surface area contributed by atoms with E-state index in [0.717, 1.165) is 23.8 Å². The molecule has 184 valence electrons. The molecule has 0 aliphatic heterocycles. The first-order chi connectivity index (χ1) is 16.6. The van der Waals surface area contributed by atoms with Gasteiger partial charge in [-0.15, -0.1) is 0 Å². The fraction of sp³-hybridized carbons (Fsp3) is 0.280. The molecule has 0 spiro atoms. The van der Waals surface area contributed by atoms with Crippen molar-refractivity contribution in [2.24, 2.45) is 5.73 Å². The van der Waals surface area contributed by atoms with Gasteiger partial charge in [0.25, 0.3) is 0 Å². The van der Waals surface area contributed by atoms with Gasteiger partial charge in [0.15, 0.2) is 9.84 Å². The minimum absolute atomic E-state index is 0.0360. The second-order valence-corrected chi connectivity index (χ2v) is 10.9. The monoisotopic (exact) mass is 498 g/mol. The molecule has 2 heterocycles. The molecule has 0 aliphatic carbocycles. The molecule has 2 aromatic heterocycles. The summed E-state index contributed by atoms with van der Waals surface area (Å²) >= 11 is 0. The van der Waals surface area contributed by atoms with Crippen molar-refractivity contribution in [3.05, 3.63) is 77.0 Å². The van der Waals surface area contributed by atoms with Crippen molar-refractivity contribution < 1.29 is 22.7 Å². The molecule has 1 atom stereocenters. The molecule has 0 bridgehead atoms. The van der Waals surface area contributed by atoms with Crippen LogP contribution in [0.25, 0.3) is 22.0 Å². The Balaban J connectivity index is 1.81. The Morgan fingerprint density at radius 3 is 2.71 bits per heavy atom. The number of benzene rings is 2. The minimum Gasteiger partial charge on any atom is -0.477 e. The lowest BCUT2D eigenvalue weighted by molar-refractivity contribution is 0.0692. The Labute approximate surface area is 202 Å². The Morgan fingerprint density at radius 1 is 1.29 bits per heavy atom. The number of aromatic nitrogens is 3. The number of hydrogen-bond acceptors (Lipinski definition) is 5. The van der Waals surface area contributed by atoms with Gasteiger partial charge in [-0.05, 0) is 35.7 Å². The van der Waals surface area contributed by atoms with Crippen LogP contribution in [0.3, 0.4) is 0 Å². The van der Waals surface area contributed by atoms with Crippen molar-refractivity contribution in [3.63, 3.8) is 0 Å². The highest BCUT2D eigenvalue weighted by atomic mass is 32.2. The average Bonchev–Trinajstić information content (AvgIpc) is 3.42. The summed E-state index contributed by atoms with van der Waals surface area (Å²) in [5, 5.41) is 14.9. The van der Waals surface area contributed by atoms with E-state index in [9.17, 15) is 22.7 Å². The number of carboxylic acid groups (broad SMARTS) is 1. The standard InChI is InChI=1S/C25H27FN4O4S/c1-15(18-12-28-30(13-18)10-4-9-27)19-5-3-6-20-22(24(25(31)32)29-23(19)20)16-7-8-17(21(26)11-16)14-35(2,33)34/h3,5-8,11-13,15,29H,4,9-10,14,27H2,1-2H3,(H,31,32). The predicted octanol–water partition coefficient (Wildman–Crippen LogP) is 3.91. The second kappa shape index (κ2) is 9.63. The fourth-order valence-corrected chi connectivity index (χ4v) is 5.12. The number of aryl methyl sites for hydroxylation is 1. The van der Waals surface area contributed by atoms with E-state index in [0.29, 0.717) is 35.1 Å². The Kier molecular flexibility index (Phi) is 6.77. The van der Waals surface area contributed by atoms with Crippen LogP contribution in [-0.4, -0.2) is 47.1 Å². The van der Waals surface area contributed by atoms with Gasteiger partial charge in [-0.25, -0.2) is 17.6 Å². The van der Waals surface area contributed by atoms with Gasteiger partial charge in [0.1, 0.15) is 11.5 Å². The van der Waals surface area contributed by atoms with Crippen LogP contribution in [0.4, 0.5) is 4.39 Å². The maximum absolute atomic E-state index is 14.8. The van der Waals surface area contributed by atoms with Crippen molar-refractivity contribution in [2.45, 2.75) is 31.6 Å². The lowest BCUT2D eigenvalue weighted by Crippen LogP contribution is -2.06. The number of fused-ring (bicyclic) bond motifs is 1. The number of nitrogens with one attached hydrogen (secondary N) is 1. The molecule has 0 aliphatic rings. The molecule has 0 saturated heterocycles. The molecule has 2 aromatic carbocycles. The number of halogens is 1. The number of aromatic amines is 1. The van der Waals surface area contributed by atoms with Crippen molar-refractivity contribution in [2.75, 3.05) is 12.8 Å². The van der Waals surface area contributed by atoms with Crippen LogP contribution >= 0.6 is 0 Å². The summed E-state index contributed by atoms with van der Waals surface area (Å²) < 4.78 is 39.8. The topological polar surface area (TPSA) is 131 Å². The van der Waals surface area contributed by atoms with Gasteiger partial charge in [0.05, 0.1) is 17.5 Å². The van der Waals surface area contributed by atoms with E-state index in [1.54, 1.807) is 18.3 Å². The summed E-state index contributed by atoms with van der Waals surface area (Å²) in [6, 6.07) is 9.68. The van der Waals surface area contributed by atoms with Crippen LogP contribution < -0.4 is 5.73 Å². The van der Waals surface area contributed by atoms with Crippen LogP contribution in [-0.2, 0) is 22.1 Å². The van der Waals surface area contributed by atoms with E-state index in [1.807, 2.05) is 29.9 Å². The van der Waals surface area contributed by atoms with E-state index in [-0.39, 0.29) is 17.2 Å². The normalized spacial score (nSPS) is 12.8. The van der Waals surface area contributed by atoms with Crippen molar-refractivity contribution in [1.29, 1.82) is 0 Å². The highest BCUT2D eigenvalue weighted by Crippen LogP contribution is 2.38. The van der Waals surface area contributed by atoms with Gasteiger partial charge in [-0.1, -0.05) is 37.3 Å². The number of rotatable bonds is 9. The summed E-state index contributed by atoms with van der Waals surface area (Å²) in [5.74, 6) is -2.40. The third-order valence-electron chi connectivity index (χ3n) is 6.05. The van der Waals surface area contributed by atoms with Gasteiger partial charge in [-0.2, -0.15) is 5.10 Å². The smallest absolute Gasteiger partial charge is 0.352 e. The average molecular weight is 499 g/mol. The lowest BCUT2D eigenvalue weighted by atomic mass is 9.92. The van der Waals surface area contributed by atoms with Gasteiger partial charge in [-0.3, -0.25) is 4.68 Å². The van der Waals surface area contributed by atoms with Gasteiger partial charge >= 0.3 is 5.97 Å². The van der Waals surface area contributed by atoms with Crippen molar-refractivity contribution in [1.82, 2.24) is 14.8 Å². The molecule has 0 amide bonds. The number of aromatic carboxylic acids is 1. The zero-order valence-electron chi connectivity index (χ0n) is 19.5. The molecule has 8 nitrogen and oxygen atoms in total. The maximum atomic E-state index is 14.8. The van der Waals surface area contributed by atoms with Crippen LogP contribution in [0.5, 0.6) is 0 Å². The number of nitrogens with zero attached hydrogens (tertiary/aromatic N) is 2. The van der Waals surface area contributed by atoms with Crippen LogP contribution in [0.1, 0.15) is 46.4 Å². The van der Waals surface area contributed by atoms with E-state index < -0.39 is 27.4 Å². The largest absolute Gasteiger partial charge is 0.477 e. The summed E-state index contributed by atoms with van der Waals surface area (Å²) in [5.41, 5.74) is 8.75. The first-order valence-electron chi connectivity index (χ1n) is 11.2. The highest BCUT2D eigenvalue weighted by molar-refractivity contribution is 7.89. The molecule has 4 N–H and O–H groups in total. The molecule has 0 radical (unpaired) electrons. The molecule has 0 fully saturated rings. The third-order valence-corrected chi connectivity index (χ3v) is 6.89. The van der Waals surface area contributed by atoms with E-state index in [2.05, 4.69) is 10.1 Å². The minimum atomic E-state index is -3.42. The molecule has 4 rings (SSSR count). The number of carboxylic acids is 1. The van der Waals surface area contributed by atoms with Crippen molar-refractivity contribution >= 4 is 26.7 Å². The Hall–Kier alpha value is -3.50. The summed E-state index contributed by atoms with van der Waals surface area (Å²) in [6.07, 6.45) is 5.59. The number of nitrogens with two attached hydrogens (primary N) is 1. The van der Waals surface area contributed by atoms with E-state index in [1.165, 1.54) is 12.1 Å². The summed E-state index contributed by atoms with van der Waals surface area (Å²) in [7, 11) is -3.42. The molecule has 0 saturated carbocycles. The maximum Gasteiger partial charge on any atom is 0.352 e. The first-order valence-corrected chi connectivity index (χ1v) is 13.2. The molecule has 4 aromatic rings. The Bertz CT molecular complexity index is 1510. The molecular formula is C25H27FN4O4S. The number of para-hydroxylation sites is 1. The molecule has 10 heteroatoms. The van der Waals surface area contributed by atoms with Gasteiger partial charge < -0.3 is 15.8 Å². The number of sulfone groups is 1. The van der Waals surface area contributed by atoms with Crippen LogP contribution in [0, 0.1) is 5.82 Å². The third kappa shape index (κ3) is 5.13. The SMILES string of the molecule is CC(c1cnn(CCCN)c1)c1cccc2c(-c3ccc(CS(C)(=O)=O)c(F)c3)c(C(=O)O)[nH]c12. The quantitative estimate of drug-likeness (QED) is 0.321. The zero-order chi connectivity index (χ0) is 25.3. The Morgan fingerprint density at radius 2 is 2.06 bits per heavy atom. The van der Waals surface area contributed by atoms with E-state index >= 15 is 0 Å². The molecule has 1 unspecified atom stereocenters. The summed E-state index contributed by atoms with van der Waals surface area (Å²) in [6.45, 7) is 3.30. The second-order valence-electron chi connectivity index (χ2n) is 8.73. The van der Waals surface area contributed by atoms with Gasteiger partial charge in [0.2, 0.25) is 0 Å². The molecular weight excluding hydrogens is 471 g/mol. The molecule has 35 heavy (non-hydrogen) atoms. The number of H-pyrrole nitrogens is 1. The first kappa shape index (κ1) is 24.6. The van der Waals surface area contributed by atoms with Gasteiger partial charge in [0, 0.05) is 41.4 Å². The van der Waals surface area contributed by atoms with Crippen LogP contribution in [0.2, 0.25) is 0 Å². The zero-order valence-corrected chi connectivity index (χ0v) is 20.3. The number of carbonyl (C=O) groups is 1. The van der Waals surface area contributed by atoms with Crippen LogP contribution in [0.15, 0.2) is 48.8 Å². The van der Waals surface area contributed by atoms with E-state index in [4.69, 9.17) is 5.73 Å². The predicted molar refractivity (Wildman–Crippen MR) is 133 cm³/mol. The summed E-state index contributed by atoms with van der Waals surface area (Å²) in [4.78, 5) is 15.2. The number of hydrogen-bond donors (Lipinski definition) is 3. The fourth-order valence-electron chi connectivity index (χ4n) is 4.32.